The van der Waals surface area contributed by atoms with Crippen LogP contribution in [0.1, 0.15) is 11.4 Å². The topological polar surface area (TPSA) is 103 Å². The number of fused-ring (bicyclic) bond motifs is 1. The zero-order chi connectivity index (χ0) is 17.2. The summed E-state index contributed by atoms with van der Waals surface area (Å²) in [6.07, 6.45) is 3.57. The number of carbonyl (C=O) groups is 1. The maximum atomic E-state index is 12.3. The quantitative estimate of drug-likeness (QED) is 0.601. The van der Waals surface area contributed by atoms with E-state index in [4.69, 9.17) is 0 Å². The van der Waals surface area contributed by atoms with Gasteiger partial charge in [-0.05, 0) is 47.2 Å². The third kappa shape index (κ3) is 3.07. The highest BCUT2D eigenvalue weighted by Crippen LogP contribution is 2.15. The third-order valence-electron chi connectivity index (χ3n) is 3.66. The molecule has 1 amide bonds. The summed E-state index contributed by atoms with van der Waals surface area (Å²) in [5.41, 5.74) is 2.98. The molecule has 3 heterocycles. The molecule has 0 unspecified atom stereocenters. The lowest BCUT2D eigenvalue weighted by atomic mass is 10.1. The largest absolute Gasteiger partial charge is 0.323 e. The molecule has 0 aliphatic rings. The minimum absolute atomic E-state index is 0.121. The summed E-state index contributed by atoms with van der Waals surface area (Å²) in [5.74, 6) is 0.531. The van der Waals surface area contributed by atoms with E-state index in [0.29, 0.717) is 17.2 Å². The number of hydrogen-bond donors (Lipinski definition) is 1. The number of aromatic nitrogens is 7. The van der Waals surface area contributed by atoms with Gasteiger partial charge in [0.25, 0.3) is 0 Å². The Hall–Kier alpha value is -3.62. The molecule has 4 rings (SSSR count). The van der Waals surface area contributed by atoms with Gasteiger partial charge in [0.1, 0.15) is 12.2 Å². The maximum Gasteiger partial charge on any atom is 0.228 e. The lowest BCUT2D eigenvalue weighted by Crippen LogP contribution is -2.15. The molecule has 0 fully saturated rings. The van der Waals surface area contributed by atoms with E-state index >= 15 is 0 Å². The Bertz CT molecular complexity index is 1020. The monoisotopic (exact) mass is 334 g/mol. The Kier molecular flexibility index (Phi) is 3.65. The zero-order valence-electron chi connectivity index (χ0n) is 13.4. The number of rotatable bonds is 4. The molecule has 0 bridgehead atoms. The van der Waals surface area contributed by atoms with Crippen molar-refractivity contribution in [3.05, 3.63) is 60.3 Å². The van der Waals surface area contributed by atoms with Crippen molar-refractivity contribution < 1.29 is 4.79 Å². The molecule has 0 aliphatic heterocycles. The predicted octanol–water partition coefficient (Wildman–Crippen LogP) is 1.19. The van der Waals surface area contributed by atoms with Gasteiger partial charge < -0.3 is 5.32 Å². The Morgan fingerprint density at radius 3 is 2.80 bits per heavy atom. The fraction of sp³-hybridized carbons (Fsp3) is 0.125. The van der Waals surface area contributed by atoms with Crippen LogP contribution in [-0.2, 0) is 11.2 Å². The predicted molar refractivity (Wildman–Crippen MR) is 89.2 cm³/mol. The number of nitrogens with one attached hydrogen (secondary N) is 1. The maximum absolute atomic E-state index is 12.3. The molecule has 1 aromatic carbocycles. The fourth-order valence-electron chi connectivity index (χ4n) is 2.54. The lowest BCUT2D eigenvalue weighted by Gasteiger charge is -2.07. The van der Waals surface area contributed by atoms with Gasteiger partial charge in [0.2, 0.25) is 5.91 Å². The van der Waals surface area contributed by atoms with Gasteiger partial charge in [0, 0.05) is 6.20 Å². The van der Waals surface area contributed by atoms with E-state index < -0.39 is 0 Å². The number of tetrazole rings is 1. The molecule has 124 valence electrons. The first-order chi connectivity index (χ1) is 12.2. The summed E-state index contributed by atoms with van der Waals surface area (Å²) in [7, 11) is 0. The lowest BCUT2D eigenvalue weighted by molar-refractivity contribution is -0.115. The second-order valence-corrected chi connectivity index (χ2v) is 5.49. The number of amides is 1. The molecule has 9 heteroatoms. The molecule has 0 aliphatic carbocycles. The van der Waals surface area contributed by atoms with Crippen molar-refractivity contribution in [3.63, 3.8) is 0 Å². The first-order valence-corrected chi connectivity index (χ1v) is 7.63. The molecule has 3 aromatic heterocycles. The zero-order valence-corrected chi connectivity index (χ0v) is 13.4. The number of carbonyl (C=O) groups excluding carboxylic acids is 1. The summed E-state index contributed by atoms with van der Waals surface area (Å²) in [6.45, 7) is 1.81. The summed E-state index contributed by atoms with van der Waals surface area (Å²) in [5, 5.41) is 18.1. The van der Waals surface area contributed by atoms with Crippen LogP contribution in [0.15, 0.2) is 48.9 Å². The van der Waals surface area contributed by atoms with E-state index in [1.165, 1.54) is 6.33 Å². The van der Waals surface area contributed by atoms with Crippen molar-refractivity contribution in [1.29, 1.82) is 0 Å². The standard InChI is InChI=1S/C16H14N8O/c1-11-18-16-14(3-2-8-23(16)20-11)19-15(25)9-12-4-6-13(7-5-12)24-10-17-21-22-24/h2-8,10H,9H2,1H3,(H,19,25). The normalized spacial score (nSPS) is 10.9. The molecule has 4 aromatic rings. The van der Waals surface area contributed by atoms with Crippen LogP contribution in [0.3, 0.4) is 0 Å². The van der Waals surface area contributed by atoms with Crippen LogP contribution in [0.25, 0.3) is 11.3 Å². The van der Waals surface area contributed by atoms with Crippen LogP contribution in [0.2, 0.25) is 0 Å². The highest BCUT2D eigenvalue weighted by molar-refractivity contribution is 5.95. The molecular weight excluding hydrogens is 320 g/mol. The van der Waals surface area contributed by atoms with Crippen molar-refractivity contribution in [2.45, 2.75) is 13.3 Å². The number of anilines is 1. The molecule has 0 radical (unpaired) electrons. The molecule has 0 spiro atoms. The van der Waals surface area contributed by atoms with E-state index in [1.807, 2.05) is 43.3 Å². The van der Waals surface area contributed by atoms with Crippen molar-refractivity contribution in [1.82, 2.24) is 34.8 Å². The first kappa shape index (κ1) is 14.9. The number of nitrogens with zero attached hydrogens (tertiary/aromatic N) is 7. The van der Waals surface area contributed by atoms with E-state index in [-0.39, 0.29) is 12.3 Å². The number of aryl methyl sites for hydroxylation is 1. The van der Waals surface area contributed by atoms with Gasteiger partial charge in [0.05, 0.1) is 17.8 Å². The van der Waals surface area contributed by atoms with Crippen molar-refractivity contribution in [2.75, 3.05) is 5.32 Å². The Morgan fingerprint density at radius 1 is 1.20 bits per heavy atom. The molecular formula is C16H14N8O. The van der Waals surface area contributed by atoms with Crippen LogP contribution in [0.5, 0.6) is 0 Å². The second-order valence-electron chi connectivity index (χ2n) is 5.49. The number of pyridine rings is 1. The van der Waals surface area contributed by atoms with Crippen molar-refractivity contribution in [3.8, 4) is 5.69 Å². The van der Waals surface area contributed by atoms with Gasteiger partial charge >= 0.3 is 0 Å². The van der Waals surface area contributed by atoms with Gasteiger partial charge in [-0.2, -0.15) is 5.10 Å². The Balaban J connectivity index is 1.48. The van der Waals surface area contributed by atoms with E-state index in [1.54, 1.807) is 15.4 Å². The average molecular weight is 334 g/mol. The SMILES string of the molecule is Cc1nc2c(NC(=O)Cc3ccc(-n4cnnn4)cc3)cccn2n1. The minimum atomic E-state index is -0.121. The van der Waals surface area contributed by atoms with E-state index in [9.17, 15) is 4.79 Å². The Morgan fingerprint density at radius 2 is 2.04 bits per heavy atom. The van der Waals surface area contributed by atoms with Crippen molar-refractivity contribution in [2.24, 2.45) is 0 Å². The van der Waals surface area contributed by atoms with Crippen LogP contribution in [0, 0.1) is 6.92 Å². The van der Waals surface area contributed by atoms with Crippen LogP contribution < -0.4 is 5.32 Å². The smallest absolute Gasteiger partial charge is 0.228 e. The molecule has 1 N–H and O–H groups in total. The third-order valence-corrected chi connectivity index (χ3v) is 3.66. The molecule has 9 nitrogen and oxygen atoms in total. The van der Waals surface area contributed by atoms with Gasteiger partial charge in [-0.1, -0.05) is 12.1 Å². The minimum Gasteiger partial charge on any atom is -0.323 e. The molecule has 25 heavy (non-hydrogen) atoms. The van der Waals surface area contributed by atoms with Gasteiger partial charge in [-0.3, -0.25) is 4.79 Å². The number of hydrogen-bond acceptors (Lipinski definition) is 6. The molecule has 0 saturated carbocycles. The summed E-state index contributed by atoms with van der Waals surface area (Å²) in [6, 6.07) is 11.1. The Labute approximate surface area is 142 Å². The summed E-state index contributed by atoms with van der Waals surface area (Å²) >= 11 is 0. The van der Waals surface area contributed by atoms with Gasteiger partial charge in [0.15, 0.2) is 5.65 Å². The van der Waals surface area contributed by atoms with Crippen LogP contribution in [0.4, 0.5) is 5.69 Å². The van der Waals surface area contributed by atoms with Crippen LogP contribution in [-0.4, -0.2) is 40.7 Å². The second kappa shape index (κ2) is 6.11. The summed E-state index contributed by atoms with van der Waals surface area (Å²) < 4.78 is 3.20. The van der Waals surface area contributed by atoms with E-state index in [0.717, 1.165) is 11.3 Å². The average Bonchev–Trinajstić information content (AvgIpc) is 3.25. The van der Waals surface area contributed by atoms with Crippen LogP contribution >= 0.6 is 0 Å². The van der Waals surface area contributed by atoms with Crippen molar-refractivity contribution >= 4 is 17.2 Å². The number of benzene rings is 1. The first-order valence-electron chi connectivity index (χ1n) is 7.63. The fourth-order valence-corrected chi connectivity index (χ4v) is 2.54. The highest BCUT2D eigenvalue weighted by atomic mass is 16.1. The van der Waals surface area contributed by atoms with Gasteiger partial charge in [-0.25, -0.2) is 14.2 Å². The highest BCUT2D eigenvalue weighted by Gasteiger charge is 2.10. The molecule has 0 saturated heterocycles. The van der Waals surface area contributed by atoms with Gasteiger partial charge in [-0.15, -0.1) is 5.10 Å². The summed E-state index contributed by atoms with van der Waals surface area (Å²) in [4.78, 5) is 16.7. The molecule has 0 atom stereocenters. The van der Waals surface area contributed by atoms with E-state index in [2.05, 4.69) is 30.9 Å².